The predicted octanol–water partition coefficient (Wildman–Crippen LogP) is 5.02. The van der Waals surface area contributed by atoms with Gasteiger partial charge in [0.15, 0.2) is 11.6 Å². The van der Waals surface area contributed by atoms with Crippen LogP contribution in [0.2, 0.25) is 0 Å². The van der Waals surface area contributed by atoms with Crippen LogP contribution in [-0.2, 0) is 20.0 Å². The number of benzene rings is 1. The van der Waals surface area contributed by atoms with Gasteiger partial charge in [0.1, 0.15) is 17.0 Å². The topological polar surface area (TPSA) is 75.0 Å². The Balaban J connectivity index is 1.24. The second-order valence-corrected chi connectivity index (χ2v) is 11.1. The van der Waals surface area contributed by atoms with Gasteiger partial charge in [-0.05, 0) is 62.7 Å². The molecule has 1 aromatic carbocycles. The molecule has 3 aromatic heterocycles. The Morgan fingerprint density at radius 1 is 1.00 bits per heavy atom. The molecule has 0 unspecified atom stereocenters. The lowest BCUT2D eigenvalue weighted by Gasteiger charge is -2.39. The summed E-state index contributed by atoms with van der Waals surface area (Å²) >= 11 is 0. The average Bonchev–Trinajstić information content (AvgIpc) is 3.26. The monoisotopic (exact) mass is 532 g/mol. The predicted molar refractivity (Wildman–Crippen MR) is 148 cm³/mol. The molecule has 2 aliphatic heterocycles. The van der Waals surface area contributed by atoms with E-state index in [4.69, 9.17) is 4.98 Å². The van der Waals surface area contributed by atoms with Gasteiger partial charge in [0.25, 0.3) is 0 Å². The minimum atomic E-state index is -0.623. The van der Waals surface area contributed by atoms with Crippen molar-refractivity contribution in [3.63, 3.8) is 0 Å². The van der Waals surface area contributed by atoms with Gasteiger partial charge in [0.05, 0.1) is 6.20 Å². The summed E-state index contributed by atoms with van der Waals surface area (Å²) in [5.74, 6) is -0.202. The Morgan fingerprint density at radius 3 is 2.56 bits per heavy atom. The third kappa shape index (κ3) is 4.98. The summed E-state index contributed by atoms with van der Waals surface area (Å²) in [6.45, 7) is 8.25. The maximum atomic E-state index is 15.0. The molecule has 1 N–H and O–H groups in total. The van der Waals surface area contributed by atoms with Crippen LogP contribution in [0.25, 0.3) is 22.2 Å². The van der Waals surface area contributed by atoms with Gasteiger partial charge in [-0.15, -0.1) is 0 Å². The summed E-state index contributed by atoms with van der Waals surface area (Å²) in [6, 6.07) is 7.69. The van der Waals surface area contributed by atoms with Crippen LogP contribution in [0.4, 0.5) is 20.5 Å². The first-order chi connectivity index (χ1) is 18.8. The first kappa shape index (κ1) is 25.8. The van der Waals surface area contributed by atoms with Crippen LogP contribution in [0, 0.1) is 11.6 Å². The molecule has 8 nitrogen and oxygen atoms in total. The van der Waals surface area contributed by atoms with Gasteiger partial charge in [-0.25, -0.2) is 23.7 Å². The van der Waals surface area contributed by atoms with E-state index in [1.165, 1.54) is 24.5 Å². The highest BCUT2D eigenvalue weighted by molar-refractivity contribution is 5.87. The van der Waals surface area contributed by atoms with Crippen LogP contribution >= 0.6 is 0 Å². The van der Waals surface area contributed by atoms with Gasteiger partial charge in [-0.1, -0.05) is 19.9 Å². The number of nitrogens with zero attached hydrogens (tertiary/aromatic N) is 7. The number of rotatable bonds is 5. The zero-order valence-corrected chi connectivity index (χ0v) is 22.9. The summed E-state index contributed by atoms with van der Waals surface area (Å²) < 4.78 is 31.6. The lowest BCUT2D eigenvalue weighted by Crippen LogP contribution is -2.45. The number of aromatic nitrogens is 5. The molecule has 5 heterocycles. The largest absolute Gasteiger partial charge is 0.309 e. The smallest absolute Gasteiger partial charge is 0.229 e. The normalized spacial score (nSPS) is 17.2. The zero-order chi connectivity index (χ0) is 27.3. The number of hydrogen-bond donors (Lipinski definition) is 1. The molecule has 4 aromatic rings. The van der Waals surface area contributed by atoms with E-state index in [1.54, 1.807) is 17.8 Å². The number of likely N-dealkylation sites (tertiary alicyclic amines) is 1. The lowest BCUT2D eigenvalue weighted by molar-refractivity contribution is 0.109. The molecule has 0 saturated carbocycles. The van der Waals surface area contributed by atoms with E-state index in [0.29, 0.717) is 22.8 Å². The van der Waals surface area contributed by atoms with Gasteiger partial charge < -0.3 is 10.2 Å². The molecule has 39 heavy (non-hydrogen) atoms. The number of pyridine rings is 1. The third-order valence-electron chi connectivity index (χ3n) is 8.02. The molecule has 204 valence electrons. The molecular formula is C29H34F2N8. The van der Waals surface area contributed by atoms with E-state index >= 15 is 4.39 Å². The minimum Gasteiger partial charge on any atom is -0.309 e. The van der Waals surface area contributed by atoms with Crippen molar-refractivity contribution in [2.75, 3.05) is 32.0 Å². The average molecular weight is 533 g/mol. The molecular weight excluding hydrogens is 498 g/mol. The maximum Gasteiger partial charge on any atom is 0.229 e. The van der Waals surface area contributed by atoms with E-state index in [1.807, 2.05) is 19.9 Å². The highest BCUT2D eigenvalue weighted by Crippen LogP contribution is 2.32. The van der Waals surface area contributed by atoms with Crippen molar-refractivity contribution in [1.29, 1.82) is 0 Å². The second kappa shape index (κ2) is 10.2. The van der Waals surface area contributed by atoms with Gasteiger partial charge >= 0.3 is 0 Å². The molecule has 0 spiro atoms. The van der Waals surface area contributed by atoms with E-state index in [2.05, 4.69) is 43.3 Å². The van der Waals surface area contributed by atoms with Crippen molar-refractivity contribution >= 4 is 22.7 Å². The summed E-state index contributed by atoms with van der Waals surface area (Å²) in [7, 11) is 3.98. The van der Waals surface area contributed by atoms with E-state index in [0.717, 1.165) is 50.2 Å². The fourth-order valence-electron chi connectivity index (χ4n) is 6.02. The maximum absolute atomic E-state index is 15.0. The fourth-order valence-corrected chi connectivity index (χ4v) is 6.02. The van der Waals surface area contributed by atoms with Gasteiger partial charge in [0.2, 0.25) is 5.95 Å². The minimum absolute atomic E-state index is 0.0265. The highest BCUT2D eigenvalue weighted by Gasteiger charge is 2.27. The van der Waals surface area contributed by atoms with Crippen molar-refractivity contribution in [3.05, 3.63) is 59.0 Å². The Hall–Kier alpha value is -3.50. The third-order valence-corrected chi connectivity index (χ3v) is 8.02. The number of anilines is 2. The van der Waals surface area contributed by atoms with E-state index in [9.17, 15) is 4.39 Å². The van der Waals surface area contributed by atoms with Crippen molar-refractivity contribution in [2.45, 2.75) is 51.6 Å². The van der Waals surface area contributed by atoms with E-state index in [-0.39, 0.29) is 23.1 Å². The van der Waals surface area contributed by atoms with Crippen LogP contribution in [0.5, 0.6) is 0 Å². The van der Waals surface area contributed by atoms with Crippen LogP contribution in [0.1, 0.15) is 49.6 Å². The van der Waals surface area contributed by atoms with Crippen molar-refractivity contribution in [2.24, 2.45) is 7.05 Å². The summed E-state index contributed by atoms with van der Waals surface area (Å²) in [5, 5.41) is 8.10. The molecule has 10 heteroatoms. The van der Waals surface area contributed by atoms with Gasteiger partial charge in [0, 0.05) is 54.9 Å². The van der Waals surface area contributed by atoms with Crippen LogP contribution < -0.4 is 5.32 Å². The first-order valence-corrected chi connectivity index (χ1v) is 13.6. The number of piperidine rings is 1. The van der Waals surface area contributed by atoms with Gasteiger partial charge in [-0.3, -0.25) is 9.58 Å². The number of halogens is 2. The number of fused-ring (bicyclic) bond motifs is 2. The fraction of sp³-hybridized carbons (Fsp3) is 0.448. The second-order valence-electron chi connectivity index (χ2n) is 11.1. The van der Waals surface area contributed by atoms with Crippen molar-refractivity contribution < 1.29 is 8.78 Å². The number of nitrogens with one attached hydrogen (secondary N) is 1. The van der Waals surface area contributed by atoms with Crippen molar-refractivity contribution in [1.82, 2.24) is 34.5 Å². The zero-order valence-electron chi connectivity index (χ0n) is 22.9. The van der Waals surface area contributed by atoms with Crippen molar-refractivity contribution in [3.8, 4) is 11.3 Å². The molecule has 1 fully saturated rings. The lowest BCUT2D eigenvalue weighted by atomic mass is 9.98. The summed E-state index contributed by atoms with van der Waals surface area (Å²) in [4.78, 5) is 18.3. The van der Waals surface area contributed by atoms with Gasteiger partial charge in [-0.2, -0.15) is 5.10 Å². The SMILES string of the molecule is CC(C)c1c2cc(-c3nc(Nc4ccc5c(n4)CCN(C4CCN(C)CC4)C5)ncc3F)cc(F)c2nn1C. The Bertz CT molecular complexity index is 1520. The molecule has 0 bridgehead atoms. The van der Waals surface area contributed by atoms with Crippen LogP contribution in [-0.4, -0.2) is 67.3 Å². The Kier molecular flexibility index (Phi) is 6.76. The Labute approximate surface area is 227 Å². The Morgan fingerprint density at radius 2 is 1.79 bits per heavy atom. The summed E-state index contributed by atoms with van der Waals surface area (Å²) in [5.41, 5.74) is 3.82. The van der Waals surface area contributed by atoms with E-state index < -0.39 is 11.6 Å². The number of hydrogen-bond acceptors (Lipinski definition) is 7. The molecule has 0 radical (unpaired) electrons. The summed E-state index contributed by atoms with van der Waals surface area (Å²) in [6.07, 6.45) is 4.41. The molecule has 0 amide bonds. The molecule has 0 atom stereocenters. The highest BCUT2D eigenvalue weighted by atomic mass is 19.1. The number of aryl methyl sites for hydroxylation is 1. The van der Waals surface area contributed by atoms with Crippen LogP contribution in [0.3, 0.4) is 0 Å². The molecule has 0 aliphatic carbocycles. The standard InChI is InChI=1S/C29H34F2N8/c1-17(2)28-21-13-19(14-22(30)27(21)36-38(28)4)26-23(31)15-32-29(35-26)34-25-6-5-18-16-39(12-9-24(18)33-25)20-7-10-37(3)11-8-20/h5-6,13-15,17,20H,7-12,16H2,1-4H3,(H,32,33,34,35). The first-order valence-electron chi connectivity index (χ1n) is 13.6. The van der Waals surface area contributed by atoms with Crippen LogP contribution in [0.15, 0.2) is 30.5 Å². The molecule has 6 rings (SSSR count). The molecule has 1 saturated heterocycles. The quantitative estimate of drug-likeness (QED) is 0.387. The molecule has 2 aliphatic rings.